The monoisotopic (exact) mass is 296 g/mol. The van der Waals surface area contributed by atoms with Crippen LogP contribution in [-0.2, 0) is 9.53 Å². The minimum absolute atomic E-state index is 0.343. The summed E-state index contributed by atoms with van der Waals surface area (Å²) < 4.78 is 18.4. The Bertz CT molecular complexity index is 538. The Morgan fingerprint density at radius 3 is 2.48 bits per heavy atom. The second-order valence-corrected chi connectivity index (χ2v) is 5.77. The topological polar surface area (TPSA) is 67.4 Å². The lowest BCUT2D eigenvalue weighted by Crippen LogP contribution is -2.44. The maximum absolute atomic E-state index is 13.4. The highest BCUT2D eigenvalue weighted by atomic mass is 19.1. The minimum atomic E-state index is -0.803. The Kier molecular flexibility index (Phi) is 5.29. The molecule has 0 saturated heterocycles. The molecule has 5 nitrogen and oxygen atoms in total. The van der Waals surface area contributed by atoms with Gasteiger partial charge in [-0.1, -0.05) is 6.07 Å². The van der Waals surface area contributed by atoms with Crippen LogP contribution in [0.4, 0.5) is 14.9 Å². The van der Waals surface area contributed by atoms with Crippen LogP contribution in [0, 0.1) is 12.7 Å². The molecule has 0 aliphatic carbocycles. The lowest BCUT2D eigenvalue weighted by molar-refractivity contribution is -0.117. The maximum atomic E-state index is 13.4. The number of amides is 2. The summed E-state index contributed by atoms with van der Waals surface area (Å²) in [7, 11) is 0. The highest BCUT2D eigenvalue weighted by molar-refractivity contribution is 5.96. The van der Waals surface area contributed by atoms with Gasteiger partial charge in [-0.25, -0.2) is 9.18 Å². The van der Waals surface area contributed by atoms with E-state index in [1.165, 1.54) is 19.1 Å². The molecule has 0 aromatic heterocycles. The predicted octanol–water partition coefficient (Wildman–Crippen LogP) is 2.99. The second kappa shape index (κ2) is 6.56. The fraction of sp³-hybridized carbons (Fsp3) is 0.467. The van der Waals surface area contributed by atoms with E-state index in [4.69, 9.17) is 4.74 Å². The van der Waals surface area contributed by atoms with Crippen molar-refractivity contribution in [1.29, 1.82) is 0 Å². The van der Waals surface area contributed by atoms with Crippen molar-refractivity contribution in [2.45, 2.75) is 46.3 Å². The van der Waals surface area contributed by atoms with Gasteiger partial charge in [0.2, 0.25) is 5.91 Å². The third-order valence-electron chi connectivity index (χ3n) is 2.65. The number of anilines is 1. The van der Waals surface area contributed by atoms with Crippen LogP contribution in [0.2, 0.25) is 0 Å². The molecule has 0 saturated carbocycles. The summed E-state index contributed by atoms with van der Waals surface area (Å²) in [4.78, 5) is 23.5. The van der Waals surface area contributed by atoms with Gasteiger partial charge in [0, 0.05) is 11.3 Å². The number of rotatable bonds is 3. The molecule has 0 heterocycles. The van der Waals surface area contributed by atoms with Crippen LogP contribution in [-0.4, -0.2) is 23.6 Å². The van der Waals surface area contributed by atoms with Crippen LogP contribution in [0.3, 0.4) is 0 Å². The van der Waals surface area contributed by atoms with Crippen molar-refractivity contribution in [3.63, 3.8) is 0 Å². The molecule has 6 heteroatoms. The van der Waals surface area contributed by atoms with Crippen molar-refractivity contribution in [2.24, 2.45) is 0 Å². The lowest BCUT2D eigenvalue weighted by Gasteiger charge is -2.21. The Hall–Kier alpha value is -2.11. The zero-order chi connectivity index (χ0) is 16.2. The number of nitrogens with one attached hydrogen (secondary N) is 2. The van der Waals surface area contributed by atoms with Crippen molar-refractivity contribution in [3.05, 3.63) is 29.6 Å². The SMILES string of the molecule is Cc1c(F)cccc1NC(=O)C(C)NC(=O)OC(C)(C)C. The average molecular weight is 296 g/mol. The number of carbonyl (C=O) groups excluding carboxylic acids is 2. The van der Waals surface area contributed by atoms with Gasteiger partial charge in [-0.05, 0) is 46.8 Å². The van der Waals surface area contributed by atoms with Crippen LogP contribution >= 0.6 is 0 Å². The Morgan fingerprint density at radius 2 is 1.90 bits per heavy atom. The lowest BCUT2D eigenvalue weighted by atomic mass is 10.2. The fourth-order valence-electron chi connectivity index (χ4n) is 1.53. The molecule has 1 aromatic carbocycles. The molecule has 1 rings (SSSR count). The Labute approximate surface area is 123 Å². The standard InChI is InChI=1S/C15H21FN2O3/c1-9-11(16)7-6-8-12(9)18-13(19)10(2)17-14(20)21-15(3,4)5/h6-8,10H,1-5H3,(H,17,20)(H,18,19). The molecule has 21 heavy (non-hydrogen) atoms. The van der Waals surface area contributed by atoms with E-state index in [0.717, 1.165) is 0 Å². The molecule has 2 N–H and O–H groups in total. The van der Waals surface area contributed by atoms with E-state index in [-0.39, 0.29) is 0 Å². The fourth-order valence-corrected chi connectivity index (χ4v) is 1.53. The van der Waals surface area contributed by atoms with E-state index in [1.807, 2.05) is 0 Å². The summed E-state index contributed by atoms with van der Waals surface area (Å²) in [5.74, 6) is -0.852. The third kappa shape index (κ3) is 5.41. The largest absolute Gasteiger partial charge is 0.444 e. The number of halogens is 1. The van der Waals surface area contributed by atoms with Gasteiger partial charge in [-0.2, -0.15) is 0 Å². The summed E-state index contributed by atoms with van der Waals surface area (Å²) in [6, 6.07) is 3.61. The molecule has 0 bridgehead atoms. The first-order chi connectivity index (χ1) is 9.60. The van der Waals surface area contributed by atoms with Crippen LogP contribution in [0.15, 0.2) is 18.2 Å². The Morgan fingerprint density at radius 1 is 1.29 bits per heavy atom. The molecular weight excluding hydrogens is 275 g/mol. The molecular formula is C15H21FN2O3. The van der Waals surface area contributed by atoms with Gasteiger partial charge in [0.1, 0.15) is 17.5 Å². The van der Waals surface area contributed by atoms with E-state index < -0.39 is 29.5 Å². The smallest absolute Gasteiger partial charge is 0.408 e. The number of hydrogen-bond donors (Lipinski definition) is 2. The zero-order valence-corrected chi connectivity index (χ0v) is 12.9. The molecule has 1 atom stereocenters. The minimum Gasteiger partial charge on any atom is -0.444 e. The van der Waals surface area contributed by atoms with Gasteiger partial charge >= 0.3 is 6.09 Å². The van der Waals surface area contributed by atoms with Crippen molar-refractivity contribution >= 4 is 17.7 Å². The Balaban J connectivity index is 2.63. The van der Waals surface area contributed by atoms with Crippen LogP contribution in [0.25, 0.3) is 0 Å². The normalized spacial score (nSPS) is 12.5. The molecule has 0 spiro atoms. The first kappa shape index (κ1) is 16.9. The molecule has 1 aromatic rings. The van der Waals surface area contributed by atoms with Crippen molar-refractivity contribution in [1.82, 2.24) is 5.32 Å². The van der Waals surface area contributed by atoms with Gasteiger partial charge in [0.05, 0.1) is 0 Å². The number of hydrogen-bond acceptors (Lipinski definition) is 3. The quantitative estimate of drug-likeness (QED) is 0.901. The van der Waals surface area contributed by atoms with Crippen molar-refractivity contribution < 1.29 is 18.7 Å². The molecule has 1 unspecified atom stereocenters. The first-order valence-electron chi connectivity index (χ1n) is 6.65. The van der Waals surface area contributed by atoms with Crippen molar-refractivity contribution in [3.8, 4) is 0 Å². The summed E-state index contributed by atoms with van der Waals surface area (Å²) in [6.07, 6.45) is -0.680. The zero-order valence-electron chi connectivity index (χ0n) is 12.9. The highest BCUT2D eigenvalue weighted by Gasteiger charge is 2.21. The van der Waals surface area contributed by atoms with E-state index in [0.29, 0.717) is 11.3 Å². The summed E-state index contributed by atoms with van der Waals surface area (Å²) in [5, 5.41) is 4.99. The molecule has 0 aliphatic heterocycles. The number of ether oxygens (including phenoxy) is 1. The van der Waals surface area contributed by atoms with Crippen LogP contribution in [0.1, 0.15) is 33.3 Å². The van der Waals surface area contributed by atoms with Gasteiger partial charge in [-0.15, -0.1) is 0 Å². The number of carbonyl (C=O) groups is 2. The van der Waals surface area contributed by atoms with Gasteiger partial charge in [0.25, 0.3) is 0 Å². The maximum Gasteiger partial charge on any atom is 0.408 e. The van der Waals surface area contributed by atoms with Crippen LogP contribution in [0.5, 0.6) is 0 Å². The van der Waals surface area contributed by atoms with E-state index >= 15 is 0 Å². The van der Waals surface area contributed by atoms with Crippen molar-refractivity contribution in [2.75, 3.05) is 5.32 Å². The van der Waals surface area contributed by atoms with E-state index in [1.54, 1.807) is 33.8 Å². The molecule has 0 radical (unpaired) electrons. The van der Waals surface area contributed by atoms with Crippen LogP contribution < -0.4 is 10.6 Å². The van der Waals surface area contributed by atoms with Gasteiger partial charge in [-0.3, -0.25) is 4.79 Å². The number of alkyl carbamates (subject to hydrolysis) is 1. The van der Waals surface area contributed by atoms with E-state index in [2.05, 4.69) is 10.6 Å². The highest BCUT2D eigenvalue weighted by Crippen LogP contribution is 2.17. The number of benzene rings is 1. The third-order valence-corrected chi connectivity index (χ3v) is 2.65. The first-order valence-corrected chi connectivity index (χ1v) is 6.65. The van der Waals surface area contributed by atoms with E-state index in [9.17, 15) is 14.0 Å². The predicted molar refractivity (Wildman–Crippen MR) is 78.6 cm³/mol. The second-order valence-electron chi connectivity index (χ2n) is 5.77. The molecule has 0 fully saturated rings. The van der Waals surface area contributed by atoms with Gasteiger partial charge in [0.15, 0.2) is 0 Å². The molecule has 2 amide bonds. The summed E-state index contributed by atoms with van der Waals surface area (Å²) in [5.41, 5.74) is 0.0764. The molecule has 116 valence electrons. The average Bonchev–Trinajstić information content (AvgIpc) is 2.32. The van der Waals surface area contributed by atoms with Gasteiger partial charge < -0.3 is 15.4 Å². The molecule has 0 aliphatic rings. The summed E-state index contributed by atoms with van der Waals surface area (Å²) >= 11 is 0. The summed E-state index contributed by atoms with van der Waals surface area (Å²) in [6.45, 7) is 8.28.